The molecule has 20 heavy (non-hydrogen) atoms. The molecule has 0 unspecified atom stereocenters. The van der Waals surface area contributed by atoms with Crippen LogP contribution in [-0.2, 0) is 9.47 Å². The van der Waals surface area contributed by atoms with Gasteiger partial charge in [0.25, 0.3) is 5.91 Å². The van der Waals surface area contributed by atoms with Gasteiger partial charge in [-0.2, -0.15) is 0 Å². The summed E-state index contributed by atoms with van der Waals surface area (Å²) in [5.41, 5.74) is 0.962. The minimum atomic E-state index is -0.297. The molecular formula is C15H22FNO3. The molecular weight excluding hydrogens is 261 g/mol. The zero-order chi connectivity index (χ0) is 14.8. The number of carbonyl (C=O) groups excluding carboxylic acids is 1. The van der Waals surface area contributed by atoms with Gasteiger partial charge >= 0.3 is 0 Å². The number of carbonyl (C=O) groups is 1. The van der Waals surface area contributed by atoms with Crippen molar-refractivity contribution in [2.24, 2.45) is 0 Å². The SMILES string of the molecule is COCCOCCCCNC(=O)c1ccc(F)c(C)c1. The van der Waals surface area contributed by atoms with E-state index >= 15 is 0 Å². The van der Waals surface area contributed by atoms with Gasteiger partial charge < -0.3 is 14.8 Å². The number of benzene rings is 1. The van der Waals surface area contributed by atoms with E-state index in [9.17, 15) is 9.18 Å². The molecule has 0 saturated heterocycles. The second-order valence-electron chi connectivity index (χ2n) is 4.53. The normalized spacial score (nSPS) is 10.6. The molecule has 1 rings (SSSR count). The number of ether oxygens (including phenoxy) is 2. The molecule has 0 radical (unpaired) electrons. The Balaban J connectivity index is 2.15. The fourth-order valence-corrected chi connectivity index (χ4v) is 1.66. The smallest absolute Gasteiger partial charge is 0.251 e. The monoisotopic (exact) mass is 283 g/mol. The molecule has 1 aromatic carbocycles. The van der Waals surface area contributed by atoms with Crippen LogP contribution in [-0.4, -0.2) is 39.4 Å². The molecule has 0 bridgehead atoms. The summed E-state index contributed by atoms with van der Waals surface area (Å²) in [6.45, 7) is 4.08. The maximum atomic E-state index is 13.1. The van der Waals surface area contributed by atoms with Gasteiger partial charge in [0, 0.05) is 25.8 Å². The number of unbranched alkanes of at least 4 members (excludes halogenated alkanes) is 1. The lowest BCUT2D eigenvalue weighted by Crippen LogP contribution is -2.24. The highest BCUT2D eigenvalue weighted by molar-refractivity contribution is 5.94. The summed E-state index contributed by atoms with van der Waals surface area (Å²) >= 11 is 0. The van der Waals surface area contributed by atoms with Crippen molar-refractivity contribution >= 4 is 5.91 Å². The zero-order valence-electron chi connectivity index (χ0n) is 12.1. The highest BCUT2D eigenvalue weighted by Crippen LogP contribution is 2.09. The predicted octanol–water partition coefficient (Wildman–Crippen LogP) is 2.31. The van der Waals surface area contributed by atoms with Crippen LogP contribution >= 0.6 is 0 Å². The van der Waals surface area contributed by atoms with Crippen LogP contribution in [0, 0.1) is 12.7 Å². The first kappa shape index (κ1) is 16.6. The van der Waals surface area contributed by atoms with Crippen molar-refractivity contribution < 1.29 is 18.7 Å². The zero-order valence-corrected chi connectivity index (χ0v) is 12.1. The van der Waals surface area contributed by atoms with E-state index in [-0.39, 0.29) is 11.7 Å². The van der Waals surface area contributed by atoms with Gasteiger partial charge in [0.2, 0.25) is 0 Å². The molecule has 0 aromatic heterocycles. The molecule has 4 nitrogen and oxygen atoms in total. The average Bonchev–Trinajstić information content (AvgIpc) is 2.44. The Morgan fingerprint density at radius 3 is 2.75 bits per heavy atom. The van der Waals surface area contributed by atoms with Crippen molar-refractivity contribution in [1.82, 2.24) is 5.32 Å². The van der Waals surface area contributed by atoms with E-state index in [0.29, 0.717) is 37.5 Å². The Morgan fingerprint density at radius 1 is 1.25 bits per heavy atom. The molecule has 1 N–H and O–H groups in total. The van der Waals surface area contributed by atoms with Crippen LogP contribution in [0.2, 0.25) is 0 Å². The molecule has 0 aliphatic heterocycles. The maximum absolute atomic E-state index is 13.1. The van der Waals surface area contributed by atoms with Gasteiger partial charge in [-0.05, 0) is 43.5 Å². The Hall–Kier alpha value is -1.46. The minimum Gasteiger partial charge on any atom is -0.382 e. The largest absolute Gasteiger partial charge is 0.382 e. The van der Waals surface area contributed by atoms with Crippen LogP contribution in [0.4, 0.5) is 4.39 Å². The van der Waals surface area contributed by atoms with Gasteiger partial charge in [-0.15, -0.1) is 0 Å². The number of hydrogen-bond donors (Lipinski definition) is 1. The first-order valence-electron chi connectivity index (χ1n) is 6.76. The van der Waals surface area contributed by atoms with Crippen LogP contribution in [0.5, 0.6) is 0 Å². The molecule has 0 fully saturated rings. The summed E-state index contributed by atoms with van der Waals surface area (Å²) in [5.74, 6) is -0.469. The minimum absolute atomic E-state index is 0.173. The molecule has 5 heteroatoms. The maximum Gasteiger partial charge on any atom is 0.251 e. The highest BCUT2D eigenvalue weighted by Gasteiger charge is 2.06. The van der Waals surface area contributed by atoms with Gasteiger partial charge in [0.15, 0.2) is 0 Å². The number of hydrogen-bond acceptors (Lipinski definition) is 3. The van der Waals surface area contributed by atoms with Crippen LogP contribution in [0.1, 0.15) is 28.8 Å². The van der Waals surface area contributed by atoms with Crippen molar-refractivity contribution in [1.29, 1.82) is 0 Å². The second-order valence-corrected chi connectivity index (χ2v) is 4.53. The highest BCUT2D eigenvalue weighted by atomic mass is 19.1. The third-order valence-corrected chi connectivity index (χ3v) is 2.85. The molecule has 112 valence electrons. The average molecular weight is 283 g/mol. The fourth-order valence-electron chi connectivity index (χ4n) is 1.66. The summed E-state index contributed by atoms with van der Waals surface area (Å²) in [7, 11) is 1.63. The van der Waals surface area contributed by atoms with Crippen molar-refractivity contribution in [3.05, 3.63) is 35.1 Å². The Morgan fingerprint density at radius 2 is 2.05 bits per heavy atom. The number of amides is 1. The molecule has 0 atom stereocenters. The molecule has 0 heterocycles. The van der Waals surface area contributed by atoms with E-state index in [0.717, 1.165) is 12.8 Å². The molecule has 1 aromatic rings. The van der Waals surface area contributed by atoms with Gasteiger partial charge in [-0.25, -0.2) is 4.39 Å². The van der Waals surface area contributed by atoms with Crippen LogP contribution in [0.15, 0.2) is 18.2 Å². The lowest BCUT2D eigenvalue weighted by Gasteiger charge is -2.07. The van der Waals surface area contributed by atoms with Gasteiger partial charge in [0.05, 0.1) is 13.2 Å². The van der Waals surface area contributed by atoms with Crippen LogP contribution < -0.4 is 5.32 Å². The summed E-state index contributed by atoms with van der Waals surface area (Å²) in [5, 5.41) is 2.81. The van der Waals surface area contributed by atoms with E-state index in [1.807, 2.05) is 0 Å². The lowest BCUT2D eigenvalue weighted by molar-refractivity contribution is 0.0686. The quantitative estimate of drug-likeness (QED) is 0.707. The summed E-state index contributed by atoms with van der Waals surface area (Å²) < 4.78 is 23.3. The number of nitrogens with one attached hydrogen (secondary N) is 1. The summed E-state index contributed by atoms with van der Waals surface area (Å²) in [6.07, 6.45) is 1.73. The second kappa shape index (κ2) is 9.44. The number of methoxy groups -OCH3 is 1. The number of aryl methyl sites for hydroxylation is 1. The third-order valence-electron chi connectivity index (χ3n) is 2.85. The Bertz CT molecular complexity index is 424. The van der Waals surface area contributed by atoms with Crippen molar-refractivity contribution in [2.75, 3.05) is 33.5 Å². The predicted molar refractivity (Wildman–Crippen MR) is 75.4 cm³/mol. The standard InChI is InChI=1S/C15H22FNO3/c1-12-11-13(5-6-14(12)16)15(18)17-7-3-4-8-20-10-9-19-2/h5-6,11H,3-4,7-10H2,1-2H3,(H,17,18). The van der Waals surface area contributed by atoms with E-state index in [1.165, 1.54) is 12.1 Å². The molecule has 0 aliphatic carbocycles. The van der Waals surface area contributed by atoms with Crippen LogP contribution in [0.25, 0.3) is 0 Å². The van der Waals surface area contributed by atoms with E-state index in [4.69, 9.17) is 9.47 Å². The van der Waals surface area contributed by atoms with Gasteiger partial charge in [-0.3, -0.25) is 4.79 Å². The fraction of sp³-hybridized carbons (Fsp3) is 0.533. The van der Waals surface area contributed by atoms with Gasteiger partial charge in [-0.1, -0.05) is 0 Å². The number of halogens is 1. The molecule has 0 aliphatic rings. The van der Waals surface area contributed by atoms with Crippen molar-refractivity contribution in [2.45, 2.75) is 19.8 Å². The topological polar surface area (TPSA) is 47.6 Å². The molecule has 0 saturated carbocycles. The van der Waals surface area contributed by atoms with E-state index in [1.54, 1.807) is 20.1 Å². The van der Waals surface area contributed by atoms with Gasteiger partial charge in [0.1, 0.15) is 5.82 Å². The third kappa shape index (κ3) is 6.12. The van der Waals surface area contributed by atoms with E-state index in [2.05, 4.69) is 5.32 Å². The molecule has 0 spiro atoms. The number of rotatable bonds is 9. The Kier molecular flexibility index (Phi) is 7.84. The Labute approximate surface area is 119 Å². The summed E-state index contributed by atoms with van der Waals surface area (Å²) in [6, 6.07) is 4.36. The lowest BCUT2D eigenvalue weighted by atomic mass is 10.1. The van der Waals surface area contributed by atoms with E-state index < -0.39 is 0 Å². The first-order valence-corrected chi connectivity index (χ1v) is 6.76. The molecule has 1 amide bonds. The van der Waals surface area contributed by atoms with Crippen molar-refractivity contribution in [3.63, 3.8) is 0 Å². The summed E-state index contributed by atoms with van der Waals surface area (Å²) in [4.78, 5) is 11.8. The van der Waals surface area contributed by atoms with Crippen LogP contribution in [0.3, 0.4) is 0 Å². The first-order chi connectivity index (χ1) is 9.65. The van der Waals surface area contributed by atoms with Crippen molar-refractivity contribution in [3.8, 4) is 0 Å².